The summed E-state index contributed by atoms with van der Waals surface area (Å²) in [5.74, 6) is -0.0783. The van der Waals surface area contributed by atoms with Crippen LogP contribution in [0.2, 0.25) is 0 Å². The van der Waals surface area contributed by atoms with Crippen molar-refractivity contribution in [3.63, 3.8) is 0 Å². The molecule has 0 bridgehead atoms. The highest BCUT2D eigenvalue weighted by Gasteiger charge is 2.42. The fourth-order valence-electron chi connectivity index (χ4n) is 5.91. The second-order valence-electron chi connectivity index (χ2n) is 11.4. The maximum atomic E-state index is 12.4. The van der Waals surface area contributed by atoms with Crippen LogP contribution in [0.1, 0.15) is 60.6 Å². The standard InChI is InChI=1S/C32H42N6O2S/c1-21(2)31(39)34-27-11-10-25(19-22(27)3)38-30(29(35-32(38)41)28-9-6-7-12-33-28)26-20-23(4)37(24(26)5)14-8-13-36-15-17-40-18-16-36/h6-7,9-12,19-21,29-30H,8,13-18H2,1-5H3,(H,34,39)(H,35,41)/t29-,30-/m0/s1. The van der Waals surface area contributed by atoms with Crippen LogP contribution in [0.15, 0.2) is 48.7 Å². The number of carbonyl (C=O) groups excluding carboxylic acids is 1. The van der Waals surface area contributed by atoms with E-state index in [1.165, 1.54) is 17.0 Å². The van der Waals surface area contributed by atoms with E-state index >= 15 is 0 Å². The number of anilines is 2. The summed E-state index contributed by atoms with van der Waals surface area (Å²) in [6.07, 6.45) is 2.93. The Bertz CT molecular complexity index is 1380. The molecule has 4 heterocycles. The number of benzene rings is 1. The first kappa shape index (κ1) is 29.2. The Morgan fingerprint density at radius 1 is 1.12 bits per heavy atom. The highest BCUT2D eigenvalue weighted by molar-refractivity contribution is 7.80. The molecular weight excluding hydrogens is 532 g/mol. The Morgan fingerprint density at radius 2 is 1.90 bits per heavy atom. The maximum absolute atomic E-state index is 12.4. The number of nitrogens with one attached hydrogen (secondary N) is 2. The summed E-state index contributed by atoms with van der Waals surface area (Å²) in [7, 11) is 0. The van der Waals surface area contributed by atoms with Crippen molar-refractivity contribution >= 4 is 34.6 Å². The van der Waals surface area contributed by atoms with E-state index in [1.807, 2.05) is 51.2 Å². The minimum Gasteiger partial charge on any atom is -0.379 e. The average molecular weight is 575 g/mol. The van der Waals surface area contributed by atoms with Gasteiger partial charge >= 0.3 is 0 Å². The molecule has 2 N–H and O–H groups in total. The molecule has 1 aromatic carbocycles. The van der Waals surface area contributed by atoms with Crippen molar-refractivity contribution in [1.29, 1.82) is 0 Å². The molecule has 2 fully saturated rings. The van der Waals surface area contributed by atoms with Gasteiger partial charge in [-0.25, -0.2) is 0 Å². The number of ether oxygens (including phenoxy) is 1. The summed E-state index contributed by atoms with van der Waals surface area (Å²) in [5, 5.41) is 7.31. The summed E-state index contributed by atoms with van der Waals surface area (Å²) in [6, 6.07) is 14.3. The molecule has 0 saturated carbocycles. The topological polar surface area (TPSA) is 74.7 Å². The van der Waals surface area contributed by atoms with Gasteiger partial charge in [-0.2, -0.15) is 0 Å². The number of hydrogen-bond acceptors (Lipinski definition) is 5. The molecule has 3 aromatic rings. The van der Waals surface area contributed by atoms with Gasteiger partial charge in [-0.3, -0.25) is 14.7 Å². The zero-order chi connectivity index (χ0) is 29.1. The van der Waals surface area contributed by atoms with Crippen molar-refractivity contribution in [3.05, 3.63) is 76.9 Å². The van der Waals surface area contributed by atoms with Crippen LogP contribution in [0.4, 0.5) is 11.4 Å². The highest BCUT2D eigenvalue weighted by Crippen LogP contribution is 2.44. The quantitative estimate of drug-likeness (QED) is 0.336. The number of nitrogens with zero attached hydrogens (tertiary/aromatic N) is 4. The van der Waals surface area contributed by atoms with Crippen LogP contribution in [-0.4, -0.2) is 58.3 Å². The van der Waals surface area contributed by atoms with Gasteiger partial charge in [-0.15, -0.1) is 0 Å². The zero-order valence-corrected chi connectivity index (χ0v) is 25.6. The van der Waals surface area contributed by atoms with Gasteiger partial charge in [0.1, 0.15) is 0 Å². The number of morpholine rings is 1. The van der Waals surface area contributed by atoms with E-state index in [1.54, 1.807) is 0 Å². The van der Waals surface area contributed by atoms with E-state index in [-0.39, 0.29) is 23.9 Å². The summed E-state index contributed by atoms with van der Waals surface area (Å²) in [4.78, 5) is 21.8. The number of aryl methyl sites for hydroxylation is 2. The molecular formula is C32H42N6O2S. The van der Waals surface area contributed by atoms with E-state index < -0.39 is 0 Å². The van der Waals surface area contributed by atoms with Crippen LogP contribution in [0.5, 0.6) is 0 Å². The molecule has 2 saturated heterocycles. The van der Waals surface area contributed by atoms with Crippen molar-refractivity contribution < 1.29 is 9.53 Å². The van der Waals surface area contributed by atoms with Gasteiger partial charge in [0.25, 0.3) is 0 Å². The smallest absolute Gasteiger partial charge is 0.226 e. The van der Waals surface area contributed by atoms with Gasteiger partial charge in [-0.1, -0.05) is 19.9 Å². The predicted octanol–water partition coefficient (Wildman–Crippen LogP) is 5.30. The summed E-state index contributed by atoms with van der Waals surface area (Å²) < 4.78 is 7.96. The molecule has 0 unspecified atom stereocenters. The van der Waals surface area contributed by atoms with Crippen LogP contribution < -0.4 is 15.5 Å². The highest BCUT2D eigenvalue weighted by atomic mass is 32.1. The number of carbonyl (C=O) groups is 1. The predicted molar refractivity (Wildman–Crippen MR) is 168 cm³/mol. The molecule has 218 valence electrons. The lowest BCUT2D eigenvalue weighted by atomic mass is 9.96. The fourth-order valence-corrected chi connectivity index (χ4v) is 6.26. The van der Waals surface area contributed by atoms with Gasteiger partial charge < -0.3 is 24.8 Å². The van der Waals surface area contributed by atoms with E-state index in [0.717, 1.165) is 68.4 Å². The Kier molecular flexibility index (Phi) is 9.06. The van der Waals surface area contributed by atoms with Gasteiger partial charge in [-0.05, 0) is 86.9 Å². The second kappa shape index (κ2) is 12.7. The van der Waals surface area contributed by atoms with E-state index in [9.17, 15) is 4.79 Å². The number of aromatic nitrogens is 2. The lowest BCUT2D eigenvalue weighted by Gasteiger charge is -2.29. The fraction of sp³-hybridized carbons (Fsp3) is 0.469. The van der Waals surface area contributed by atoms with Crippen LogP contribution in [-0.2, 0) is 16.1 Å². The summed E-state index contributed by atoms with van der Waals surface area (Å²) >= 11 is 5.98. The summed E-state index contributed by atoms with van der Waals surface area (Å²) in [5.41, 5.74) is 7.51. The Morgan fingerprint density at radius 3 is 2.59 bits per heavy atom. The molecule has 8 nitrogen and oxygen atoms in total. The number of pyridine rings is 1. The monoisotopic (exact) mass is 574 g/mol. The van der Waals surface area contributed by atoms with Crippen LogP contribution in [0.3, 0.4) is 0 Å². The molecule has 5 rings (SSSR count). The lowest BCUT2D eigenvalue weighted by molar-refractivity contribution is -0.118. The SMILES string of the molecule is Cc1cc(N2C(=S)N[C@@H](c3ccccn3)[C@@H]2c2cc(C)n(CCCN3CCOCC3)c2C)ccc1NC(=O)C(C)C. The molecule has 0 spiro atoms. The first-order valence-corrected chi connectivity index (χ1v) is 15.0. The van der Waals surface area contributed by atoms with Crippen LogP contribution >= 0.6 is 12.2 Å². The third kappa shape index (κ3) is 6.32. The van der Waals surface area contributed by atoms with Crippen LogP contribution in [0.25, 0.3) is 0 Å². The Labute approximate surface area is 249 Å². The van der Waals surface area contributed by atoms with Crippen molar-refractivity contribution in [3.8, 4) is 0 Å². The molecule has 2 atom stereocenters. The Hall–Kier alpha value is -3.27. The first-order valence-electron chi connectivity index (χ1n) is 14.6. The maximum Gasteiger partial charge on any atom is 0.226 e. The van der Waals surface area contributed by atoms with Gasteiger partial charge in [0.15, 0.2) is 5.11 Å². The first-order chi connectivity index (χ1) is 19.7. The molecule has 0 radical (unpaired) electrons. The van der Waals surface area contributed by atoms with E-state index in [4.69, 9.17) is 21.9 Å². The van der Waals surface area contributed by atoms with E-state index in [0.29, 0.717) is 5.11 Å². The van der Waals surface area contributed by atoms with Gasteiger partial charge in [0.05, 0.1) is 31.0 Å². The number of hydrogen-bond donors (Lipinski definition) is 2. The lowest BCUT2D eigenvalue weighted by Crippen LogP contribution is -2.37. The minimum absolute atomic E-state index is 0.00774. The molecule has 9 heteroatoms. The Balaban J connectivity index is 1.47. The third-order valence-corrected chi connectivity index (χ3v) is 8.57. The normalized spacial score (nSPS) is 19.6. The number of thiocarbonyl (C=S) groups is 1. The van der Waals surface area contributed by atoms with Crippen molar-refractivity contribution in [2.75, 3.05) is 43.1 Å². The molecule has 2 aromatic heterocycles. The molecule has 2 aliphatic heterocycles. The average Bonchev–Trinajstić information content (AvgIpc) is 3.45. The molecule has 0 aliphatic carbocycles. The minimum atomic E-state index is -0.105. The number of amides is 1. The van der Waals surface area contributed by atoms with Crippen molar-refractivity contribution in [1.82, 2.24) is 19.8 Å². The van der Waals surface area contributed by atoms with E-state index in [2.05, 4.69) is 57.0 Å². The zero-order valence-electron chi connectivity index (χ0n) is 24.8. The van der Waals surface area contributed by atoms with Gasteiger partial charge in [0, 0.05) is 61.1 Å². The van der Waals surface area contributed by atoms with Crippen LogP contribution in [0, 0.1) is 26.7 Å². The molecule has 2 aliphatic rings. The van der Waals surface area contributed by atoms with Crippen molar-refractivity contribution in [2.24, 2.45) is 5.92 Å². The van der Waals surface area contributed by atoms with Gasteiger partial charge in [0.2, 0.25) is 5.91 Å². The molecule has 1 amide bonds. The summed E-state index contributed by atoms with van der Waals surface area (Å²) in [6.45, 7) is 16.0. The molecule has 41 heavy (non-hydrogen) atoms. The second-order valence-corrected chi connectivity index (χ2v) is 11.8. The largest absolute Gasteiger partial charge is 0.379 e. The van der Waals surface area contributed by atoms with Crippen molar-refractivity contribution in [2.45, 2.75) is 59.7 Å². The number of rotatable bonds is 9. The third-order valence-electron chi connectivity index (χ3n) is 8.26.